The summed E-state index contributed by atoms with van der Waals surface area (Å²) in [6.07, 6.45) is 0.928. The van der Waals surface area contributed by atoms with Crippen LogP contribution in [0.1, 0.15) is 55.8 Å². The zero-order valence-electron chi connectivity index (χ0n) is 13.5. The number of benzene rings is 1. The number of carbonyl (C=O) groups excluding carboxylic acids is 2. The van der Waals surface area contributed by atoms with E-state index in [1.165, 1.54) is 0 Å². The van der Waals surface area contributed by atoms with Crippen LogP contribution in [0.3, 0.4) is 0 Å². The highest BCUT2D eigenvalue weighted by atomic mass is 16.5. The minimum Gasteiger partial charge on any atom is -0.387 e. The summed E-state index contributed by atoms with van der Waals surface area (Å²) < 4.78 is 0. The average molecular weight is 322 g/mol. The van der Waals surface area contributed by atoms with Crippen LogP contribution >= 0.6 is 0 Å². The summed E-state index contributed by atoms with van der Waals surface area (Å²) in [5, 5.41) is 28.2. The molecule has 0 amide bonds. The van der Waals surface area contributed by atoms with Crippen molar-refractivity contribution in [3.8, 4) is 0 Å². The van der Waals surface area contributed by atoms with Crippen LogP contribution < -0.4 is 0 Å². The van der Waals surface area contributed by atoms with Crippen LogP contribution in [-0.4, -0.2) is 39.3 Å². The lowest BCUT2D eigenvalue weighted by molar-refractivity contribution is -0.149. The Morgan fingerprint density at radius 3 is 2.13 bits per heavy atom. The van der Waals surface area contributed by atoms with Crippen molar-refractivity contribution < 1.29 is 24.9 Å². The monoisotopic (exact) mass is 322 g/mol. The number of ketones is 2. The van der Waals surface area contributed by atoms with Crippen molar-refractivity contribution >= 4 is 11.6 Å². The molecule has 0 bridgehead atoms. The van der Waals surface area contributed by atoms with Crippen molar-refractivity contribution in [3.63, 3.8) is 0 Å². The highest BCUT2D eigenvalue weighted by Crippen LogP contribution is 2.19. The molecule has 0 spiro atoms. The lowest BCUT2D eigenvalue weighted by Crippen LogP contribution is -2.42. The molecule has 0 aliphatic carbocycles. The van der Waals surface area contributed by atoms with Crippen LogP contribution in [0.2, 0.25) is 0 Å². The molecule has 0 radical (unpaired) electrons. The number of aliphatic hydroxyl groups is 3. The van der Waals surface area contributed by atoms with Gasteiger partial charge in [-0.25, -0.2) is 0 Å². The maximum Gasteiger partial charge on any atom is 0.179 e. The Labute approximate surface area is 137 Å². The molecule has 1 aromatic carbocycles. The highest BCUT2D eigenvalue weighted by molar-refractivity contribution is 6.11. The molecule has 0 fully saturated rings. The summed E-state index contributed by atoms with van der Waals surface area (Å²) >= 11 is 0. The van der Waals surface area contributed by atoms with Gasteiger partial charge in [-0.05, 0) is 6.42 Å². The molecule has 128 valence electrons. The molecule has 0 aromatic heterocycles. The van der Waals surface area contributed by atoms with Gasteiger partial charge in [-0.3, -0.25) is 9.59 Å². The number of unbranched alkanes of at least 4 members (excludes halogenated alkanes) is 4. The third-order valence-corrected chi connectivity index (χ3v) is 3.86. The van der Waals surface area contributed by atoms with E-state index in [1.807, 2.05) is 0 Å². The van der Waals surface area contributed by atoms with Crippen molar-refractivity contribution in [1.82, 2.24) is 0 Å². The lowest BCUT2D eigenvalue weighted by Gasteiger charge is -2.22. The standard InChI is InChI=1S/C18H26O5/c1-2-3-4-5-9-12-14(19)15(17(21)18(22)23)16(20)13-10-7-6-8-11-13/h6-8,10-11,15,17-18,21-23H,2-5,9,12H2,1H3. The van der Waals surface area contributed by atoms with E-state index >= 15 is 0 Å². The highest BCUT2D eigenvalue weighted by Gasteiger charge is 2.36. The molecular formula is C18H26O5. The van der Waals surface area contributed by atoms with Gasteiger partial charge >= 0.3 is 0 Å². The molecule has 5 nitrogen and oxygen atoms in total. The summed E-state index contributed by atoms with van der Waals surface area (Å²) in [6, 6.07) is 8.13. The SMILES string of the molecule is CCCCCCCC(=O)C(C(=O)c1ccccc1)C(O)C(O)O. The topological polar surface area (TPSA) is 94.8 Å². The zero-order valence-corrected chi connectivity index (χ0v) is 13.5. The molecule has 0 heterocycles. The van der Waals surface area contributed by atoms with Crippen LogP contribution in [0, 0.1) is 5.92 Å². The molecule has 2 atom stereocenters. The number of hydrogen-bond acceptors (Lipinski definition) is 5. The van der Waals surface area contributed by atoms with Gasteiger partial charge in [0.05, 0.1) is 0 Å². The molecule has 2 unspecified atom stereocenters. The summed E-state index contributed by atoms with van der Waals surface area (Å²) in [7, 11) is 0. The molecule has 3 N–H and O–H groups in total. The van der Waals surface area contributed by atoms with E-state index in [-0.39, 0.29) is 12.0 Å². The van der Waals surface area contributed by atoms with Crippen LogP contribution in [-0.2, 0) is 4.79 Å². The van der Waals surface area contributed by atoms with Crippen molar-refractivity contribution in [3.05, 3.63) is 35.9 Å². The Bertz CT molecular complexity index is 483. The van der Waals surface area contributed by atoms with E-state index in [0.717, 1.165) is 25.7 Å². The minimum atomic E-state index is -2.13. The molecular weight excluding hydrogens is 296 g/mol. The van der Waals surface area contributed by atoms with Crippen molar-refractivity contribution in [2.75, 3.05) is 0 Å². The predicted molar refractivity (Wildman–Crippen MR) is 86.9 cm³/mol. The Balaban J connectivity index is 2.76. The summed E-state index contributed by atoms with van der Waals surface area (Å²) in [5.41, 5.74) is 0.275. The normalized spacial score (nSPS) is 13.8. The third-order valence-electron chi connectivity index (χ3n) is 3.86. The Morgan fingerprint density at radius 2 is 1.57 bits per heavy atom. The molecule has 0 aliphatic heterocycles. The van der Waals surface area contributed by atoms with Gasteiger partial charge in [0.2, 0.25) is 0 Å². The lowest BCUT2D eigenvalue weighted by atomic mass is 9.86. The van der Waals surface area contributed by atoms with Crippen molar-refractivity contribution in [2.24, 2.45) is 5.92 Å². The third kappa shape index (κ3) is 6.22. The molecule has 0 saturated heterocycles. The first kappa shape index (κ1) is 19.5. The van der Waals surface area contributed by atoms with Crippen LogP contribution in [0.4, 0.5) is 0 Å². The number of aliphatic hydroxyl groups excluding tert-OH is 2. The van der Waals surface area contributed by atoms with E-state index in [0.29, 0.717) is 6.42 Å². The number of hydrogen-bond donors (Lipinski definition) is 3. The van der Waals surface area contributed by atoms with Crippen LogP contribution in [0.15, 0.2) is 30.3 Å². The van der Waals surface area contributed by atoms with E-state index in [2.05, 4.69) is 6.92 Å². The fourth-order valence-corrected chi connectivity index (χ4v) is 2.50. The molecule has 5 heteroatoms. The van der Waals surface area contributed by atoms with Gasteiger partial charge in [-0.1, -0.05) is 62.9 Å². The fourth-order valence-electron chi connectivity index (χ4n) is 2.50. The average Bonchev–Trinajstić information content (AvgIpc) is 2.55. The summed E-state index contributed by atoms with van der Waals surface area (Å²) in [5.74, 6) is -2.47. The van der Waals surface area contributed by atoms with Gasteiger partial charge in [0.1, 0.15) is 17.8 Å². The van der Waals surface area contributed by atoms with Gasteiger partial charge < -0.3 is 15.3 Å². The number of carbonyl (C=O) groups is 2. The van der Waals surface area contributed by atoms with Crippen molar-refractivity contribution in [2.45, 2.75) is 57.8 Å². The Kier molecular flexibility index (Phi) is 8.69. The first-order chi connectivity index (χ1) is 11.0. The molecule has 23 heavy (non-hydrogen) atoms. The van der Waals surface area contributed by atoms with Gasteiger partial charge in [-0.15, -0.1) is 0 Å². The van der Waals surface area contributed by atoms with Gasteiger partial charge in [0.15, 0.2) is 12.1 Å². The summed E-state index contributed by atoms with van der Waals surface area (Å²) in [6.45, 7) is 2.10. The second kappa shape index (κ2) is 10.3. The fraction of sp³-hybridized carbons (Fsp3) is 0.556. The molecule has 1 aromatic rings. The molecule has 0 saturated carbocycles. The van der Waals surface area contributed by atoms with E-state index in [9.17, 15) is 24.9 Å². The largest absolute Gasteiger partial charge is 0.387 e. The molecule has 0 aliphatic rings. The summed E-state index contributed by atoms with van der Waals surface area (Å²) in [4.78, 5) is 24.8. The Hall–Kier alpha value is -1.56. The van der Waals surface area contributed by atoms with Gasteiger partial charge in [0, 0.05) is 12.0 Å². The van der Waals surface area contributed by atoms with E-state index < -0.39 is 29.9 Å². The predicted octanol–water partition coefficient (Wildman–Crippen LogP) is 2.09. The van der Waals surface area contributed by atoms with Gasteiger partial charge in [-0.2, -0.15) is 0 Å². The number of rotatable bonds is 11. The zero-order chi connectivity index (χ0) is 17.2. The maximum atomic E-state index is 12.5. The molecule has 1 rings (SSSR count). The van der Waals surface area contributed by atoms with Crippen molar-refractivity contribution in [1.29, 1.82) is 0 Å². The second-order valence-corrected chi connectivity index (χ2v) is 5.74. The van der Waals surface area contributed by atoms with Crippen LogP contribution in [0.5, 0.6) is 0 Å². The first-order valence-corrected chi connectivity index (χ1v) is 8.15. The smallest absolute Gasteiger partial charge is 0.179 e. The minimum absolute atomic E-state index is 0.150. The quantitative estimate of drug-likeness (QED) is 0.251. The van der Waals surface area contributed by atoms with E-state index in [4.69, 9.17) is 0 Å². The first-order valence-electron chi connectivity index (χ1n) is 8.15. The second-order valence-electron chi connectivity index (χ2n) is 5.74. The Morgan fingerprint density at radius 1 is 0.957 bits per heavy atom. The van der Waals surface area contributed by atoms with E-state index in [1.54, 1.807) is 30.3 Å². The van der Waals surface area contributed by atoms with Crippen LogP contribution in [0.25, 0.3) is 0 Å². The van der Waals surface area contributed by atoms with Gasteiger partial charge in [0.25, 0.3) is 0 Å². The maximum absolute atomic E-state index is 12.5. The number of Topliss-reactive ketones (excluding diaryl/α,β-unsaturated/α-hetero) is 2.